The molecule has 6 nitrogen and oxygen atoms in total. The Labute approximate surface area is 190 Å². The first-order valence-corrected chi connectivity index (χ1v) is 10.6. The second-order valence-corrected chi connectivity index (χ2v) is 8.05. The third-order valence-electron chi connectivity index (χ3n) is 5.65. The minimum Gasteiger partial charge on any atom is -0.465 e. The van der Waals surface area contributed by atoms with Gasteiger partial charge < -0.3 is 19.8 Å². The van der Waals surface area contributed by atoms with E-state index in [0.717, 1.165) is 11.3 Å². The van der Waals surface area contributed by atoms with Crippen LogP contribution in [0.1, 0.15) is 28.3 Å². The highest BCUT2D eigenvalue weighted by atomic mass is 35.5. The van der Waals surface area contributed by atoms with E-state index in [9.17, 15) is 9.59 Å². The molecular weight excluding hydrogens is 428 g/mol. The topological polar surface area (TPSA) is 83.5 Å². The van der Waals surface area contributed by atoms with Gasteiger partial charge in [0.25, 0.3) is 5.56 Å². The summed E-state index contributed by atoms with van der Waals surface area (Å²) in [5.41, 5.74) is 8.90. The first-order valence-electron chi connectivity index (χ1n) is 10.2. The summed E-state index contributed by atoms with van der Waals surface area (Å²) in [6.07, 6.45) is 0.689. The molecule has 0 amide bonds. The molecule has 0 bridgehead atoms. The zero-order valence-electron chi connectivity index (χ0n) is 17.8. The molecule has 0 spiro atoms. The second kappa shape index (κ2) is 8.93. The number of pyridine rings is 1. The van der Waals surface area contributed by atoms with Crippen LogP contribution in [0.5, 0.6) is 5.75 Å². The van der Waals surface area contributed by atoms with Gasteiger partial charge in [-0.05, 0) is 36.6 Å². The SMILES string of the molecule is COC(=O)C1=C(N)Oc2cc(C)n(CCc3ccccc3)c(=O)c2C1c1ccc(Cl)cc1. The van der Waals surface area contributed by atoms with Gasteiger partial charge >= 0.3 is 5.97 Å². The minimum absolute atomic E-state index is 0.0786. The third kappa shape index (κ3) is 4.01. The highest BCUT2D eigenvalue weighted by Gasteiger charge is 2.38. The average Bonchev–Trinajstić information content (AvgIpc) is 2.79. The van der Waals surface area contributed by atoms with Crippen LogP contribution in [0.25, 0.3) is 0 Å². The van der Waals surface area contributed by atoms with Crippen LogP contribution in [0.4, 0.5) is 0 Å². The molecular formula is C25H23ClN2O4. The summed E-state index contributed by atoms with van der Waals surface area (Å²) in [7, 11) is 1.27. The number of benzene rings is 2. The van der Waals surface area contributed by atoms with Gasteiger partial charge in [0.1, 0.15) is 11.3 Å². The fourth-order valence-electron chi connectivity index (χ4n) is 4.05. The van der Waals surface area contributed by atoms with Crippen molar-refractivity contribution in [1.29, 1.82) is 0 Å². The number of halogens is 1. The number of hydrogen-bond acceptors (Lipinski definition) is 5. The van der Waals surface area contributed by atoms with Gasteiger partial charge in [0, 0.05) is 23.3 Å². The van der Waals surface area contributed by atoms with Gasteiger partial charge in [-0.1, -0.05) is 54.1 Å². The van der Waals surface area contributed by atoms with E-state index in [1.807, 2.05) is 37.3 Å². The van der Waals surface area contributed by atoms with Crippen molar-refractivity contribution in [3.8, 4) is 5.75 Å². The molecule has 1 unspecified atom stereocenters. The Morgan fingerprint density at radius 2 is 1.84 bits per heavy atom. The van der Waals surface area contributed by atoms with Crippen molar-refractivity contribution in [2.45, 2.75) is 25.8 Å². The molecule has 2 N–H and O–H groups in total. The van der Waals surface area contributed by atoms with E-state index in [2.05, 4.69) is 0 Å². The number of ether oxygens (including phenoxy) is 2. The molecule has 164 valence electrons. The number of aryl methyl sites for hydroxylation is 2. The van der Waals surface area contributed by atoms with Crippen molar-refractivity contribution in [1.82, 2.24) is 4.57 Å². The Hall–Kier alpha value is -3.51. The van der Waals surface area contributed by atoms with Gasteiger partial charge in [-0.2, -0.15) is 0 Å². The number of fused-ring (bicyclic) bond motifs is 1. The summed E-state index contributed by atoms with van der Waals surface area (Å²) in [4.78, 5) is 26.3. The van der Waals surface area contributed by atoms with Gasteiger partial charge in [0.05, 0.1) is 18.6 Å². The fourth-order valence-corrected chi connectivity index (χ4v) is 4.17. The summed E-state index contributed by atoms with van der Waals surface area (Å²) in [5.74, 6) is -1.12. The Bertz CT molecular complexity index is 1250. The van der Waals surface area contributed by atoms with Crippen LogP contribution in [-0.4, -0.2) is 17.6 Å². The molecule has 1 atom stereocenters. The zero-order valence-corrected chi connectivity index (χ0v) is 18.6. The molecule has 2 heterocycles. The van der Waals surface area contributed by atoms with Crippen LogP contribution in [-0.2, 0) is 22.5 Å². The maximum atomic E-state index is 13.7. The molecule has 0 fully saturated rings. The quantitative estimate of drug-likeness (QED) is 0.595. The standard InChI is InChI=1S/C25H23ClN2O4/c1-15-14-19-21(24(29)28(15)13-12-16-6-4-3-5-7-16)20(17-8-10-18(26)11-9-17)22(23(27)32-19)25(30)31-2/h3-11,14,20H,12-13,27H2,1-2H3. The van der Waals surface area contributed by atoms with E-state index < -0.39 is 11.9 Å². The van der Waals surface area contributed by atoms with Gasteiger partial charge in [-0.15, -0.1) is 0 Å². The summed E-state index contributed by atoms with van der Waals surface area (Å²) >= 11 is 6.06. The lowest BCUT2D eigenvalue weighted by Crippen LogP contribution is -2.35. The fraction of sp³-hybridized carbons (Fsp3) is 0.200. The molecule has 0 saturated carbocycles. The number of esters is 1. The first-order chi connectivity index (χ1) is 15.4. The van der Waals surface area contributed by atoms with Crippen LogP contribution in [0.3, 0.4) is 0 Å². The number of nitrogens with zero attached hydrogens (tertiary/aromatic N) is 1. The molecule has 4 rings (SSSR count). The zero-order chi connectivity index (χ0) is 22.8. The average molecular weight is 451 g/mol. The Balaban J connectivity index is 1.86. The highest BCUT2D eigenvalue weighted by Crippen LogP contribution is 2.41. The Kier molecular flexibility index (Phi) is 6.06. The number of carbonyl (C=O) groups excluding carboxylic acids is 1. The van der Waals surface area contributed by atoms with Gasteiger partial charge in [-0.3, -0.25) is 4.79 Å². The van der Waals surface area contributed by atoms with E-state index in [1.165, 1.54) is 7.11 Å². The third-order valence-corrected chi connectivity index (χ3v) is 5.90. The number of carbonyl (C=O) groups is 1. The van der Waals surface area contributed by atoms with E-state index in [0.29, 0.717) is 34.9 Å². The molecule has 32 heavy (non-hydrogen) atoms. The number of methoxy groups -OCH3 is 1. The minimum atomic E-state index is -0.737. The van der Waals surface area contributed by atoms with Crippen LogP contribution in [0, 0.1) is 6.92 Å². The van der Waals surface area contributed by atoms with E-state index in [-0.39, 0.29) is 17.0 Å². The molecule has 1 aliphatic heterocycles. The van der Waals surface area contributed by atoms with E-state index in [1.54, 1.807) is 34.9 Å². The van der Waals surface area contributed by atoms with Crippen molar-refractivity contribution in [2.24, 2.45) is 5.73 Å². The monoisotopic (exact) mass is 450 g/mol. The van der Waals surface area contributed by atoms with Crippen LogP contribution < -0.4 is 16.0 Å². The number of nitrogens with two attached hydrogens (primary N) is 1. The van der Waals surface area contributed by atoms with Crippen LogP contribution >= 0.6 is 11.6 Å². The van der Waals surface area contributed by atoms with Crippen molar-refractivity contribution in [3.63, 3.8) is 0 Å². The van der Waals surface area contributed by atoms with Gasteiger partial charge in [0.15, 0.2) is 0 Å². The molecule has 7 heteroatoms. The second-order valence-electron chi connectivity index (χ2n) is 7.61. The molecule has 0 aliphatic carbocycles. The smallest absolute Gasteiger partial charge is 0.340 e. The highest BCUT2D eigenvalue weighted by molar-refractivity contribution is 6.30. The molecule has 0 saturated heterocycles. The van der Waals surface area contributed by atoms with Gasteiger partial charge in [-0.25, -0.2) is 4.79 Å². The molecule has 1 aromatic heterocycles. The maximum Gasteiger partial charge on any atom is 0.340 e. The largest absolute Gasteiger partial charge is 0.465 e. The van der Waals surface area contributed by atoms with Crippen LogP contribution in [0.2, 0.25) is 5.02 Å². The summed E-state index contributed by atoms with van der Waals surface area (Å²) in [6.45, 7) is 2.34. The van der Waals surface area contributed by atoms with Crippen molar-refractivity contribution >= 4 is 17.6 Å². The summed E-state index contributed by atoms with van der Waals surface area (Å²) in [5, 5.41) is 0.543. The Morgan fingerprint density at radius 3 is 2.50 bits per heavy atom. The van der Waals surface area contributed by atoms with Crippen LogP contribution in [0.15, 0.2) is 76.9 Å². The predicted molar refractivity (Wildman–Crippen MR) is 123 cm³/mol. The summed E-state index contributed by atoms with van der Waals surface area (Å²) in [6, 6.07) is 18.7. The normalized spacial score (nSPS) is 15.2. The molecule has 0 radical (unpaired) electrons. The molecule has 3 aromatic rings. The lowest BCUT2D eigenvalue weighted by Gasteiger charge is -2.29. The van der Waals surface area contributed by atoms with E-state index >= 15 is 0 Å². The van der Waals surface area contributed by atoms with Crippen molar-refractivity contribution in [3.05, 3.63) is 110 Å². The molecule has 1 aliphatic rings. The molecule has 2 aromatic carbocycles. The number of aromatic nitrogens is 1. The maximum absolute atomic E-state index is 13.7. The lowest BCUT2D eigenvalue weighted by atomic mass is 9.83. The first kappa shape index (κ1) is 21.7. The lowest BCUT2D eigenvalue weighted by molar-refractivity contribution is -0.136. The van der Waals surface area contributed by atoms with E-state index in [4.69, 9.17) is 26.8 Å². The predicted octanol–water partition coefficient (Wildman–Crippen LogP) is 3.92. The number of hydrogen-bond donors (Lipinski definition) is 1. The van der Waals surface area contributed by atoms with Crippen molar-refractivity contribution in [2.75, 3.05) is 7.11 Å². The number of rotatable bonds is 5. The summed E-state index contributed by atoms with van der Waals surface area (Å²) < 4.78 is 12.4. The van der Waals surface area contributed by atoms with Gasteiger partial charge in [0.2, 0.25) is 5.88 Å². The Morgan fingerprint density at radius 1 is 1.16 bits per heavy atom. The van der Waals surface area contributed by atoms with Crippen molar-refractivity contribution < 1.29 is 14.3 Å².